The molecule has 0 aliphatic carbocycles. The van der Waals surface area contributed by atoms with Gasteiger partial charge in [0.15, 0.2) is 0 Å². The van der Waals surface area contributed by atoms with Gasteiger partial charge in [-0.3, -0.25) is 0 Å². The second-order valence-corrected chi connectivity index (χ2v) is 8.14. The molecule has 0 bridgehead atoms. The minimum absolute atomic E-state index is 0.0575. The summed E-state index contributed by atoms with van der Waals surface area (Å²) in [6, 6.07) is 12.6. The van der Waals surface area contributed by atoms with Crippen LogP contribution in [-0.4, -0.2) is 20.2 Å². The minimum atomic E-state index is -0.762. The van der Waals surface area contributed by atoms with E-state index in [0.29, 0.717) is 27.6 Å². The van der Waals surface area contributed by atoms with Crippen LogP contribution in [0.15, 0.2) is 63.7 Å². The van der Waals surface area contributed by atoms with Crippen molar-refractivity contribution in [1.82, 2.24) is 0 Å². The Morgan fingerprint density at radius 3 is 2.59 bits per heavy atom. The zero-order valence-electron chi connectivity index (χ0n) is 17.6. The lowest BCUT2D eigenvalue weighted by atomic mass is 9.82. The van der Waals surface area contributed by atoms with Crippen molar-refractivity contribution in [3.05, 3.63) is 79.8 Å². The number of ether oxygens (including phenoxy) is 4. The lowest BCUT2D eigenvalue weighted by molar-refractivity contribution is -0.136. The SMILES string of the molecule is COC(=O)C1=C(C)OC(N)=C(C#N)[C@@H]1c1ccc(OC)c(COc2ccc(Br)cc2Cl)c1. The van der Waals surface area contributed by atoms with Crippen molar-refractivity contribution in [2.24, 2.45) is 5.73 Å². The molecule has 7 nitrogen and oxygen atoms in total. The summed E-state index contributed by atoms with van der Waals surface area (Å²) in [5, 5.41) is 10.2. The highest BCUT2D eigenvalue weighted by atomic mass is 79.9. The molecule has 9 heteroatoms. The molecule has 32 heavy (non-hydrogen) atoms. The molecule has 1 aliphatic rings. The maximum atomic E-state index is 12.5. The van der Waals surface area contributed by atoms with Gasteiger partial charge in [0.05, 0.1) is 30.7 Å². The largest absolute Gasteiger partial charge is 0.496 e. The summed E-state index contributed by atoms with van der Waals surface area (Å²) in [4.78, 5) is 12.5. The number of hydrogen-bond acceptors (Lipinski definition) is 7. The van der Waals surface area contributed by atoms with Gasteiger partial charge in [-0.25, -0.2) is 4.79 Å². The maximum absolute atomic E-state index is 12.5. The highest BCUT2D eigenvalue weighted by Gasteiger charge is 2.36. The smallest absolute Gasteiger partial charge is 0.338 e. The lowest BCUT2D eigenvalue weighted by Crippen LogP contribution is -2.25. The molecule has 0 amide bonds. The number of allylic oxidation sites excluding steroid dienone is 2. The lowest BCUT2D eigenvalue weighted by Gasteiger charge is -2.27. The third-order valence-corrected chi connectivity index (χ3v) is 5.71. The van der Waals surface area contributed by atoms with Gasteiger partial charge >= 0.3 is 5.97 Å². The van der Waals surface area contributed by atoms with E-state index in [1.807, 2.05) is 6.07 Å². The van der Waals surface area contributed by atoms with Crippen molar-refractivity contribution in [3.63, 3.8) is 0 Å². The number of halogens is 2. The van der Waals surface area contributed by atoms with E-state index in [1.165, 1.54) is 7.11 Å². The number of hydrogen-bond donors (Lipinski definition) is 1. The van der Waals surface area contributed by atoms with Crippen LogP contribution in [0.5, 0.6) is 11.5 Å². The molecule has 0 radical (unpaired) electrons. The molecule has 0 fully saturated rings. The molecule has 1 aliphatic heterocycles. The summed E-state index contributed by atoms with van der Waals surface area (Å²) in [6.45, 7) is 1.74. The van der Waals surface area contributed by atoms with E-state index in [2.05, 4.69) is 22.0 Å². The van der Waals surface area contributed by atoms with E-state index >= 15 is 0 Å². The maximum Gasteiger partial charge on any atom is 0.338 e. The van der Waals surface area contributed by atoms with Crippen molar-refractivity contribution in [2.45, 2.75) is 19.4 Å². The van der Waals surface area contributed by atoms with Gasteiger partial charge in [-0.2, -0.15) is 5.26 Å². The fourth-order valence-corrected chi connectivity index (χ4v) is 4.16. The zero-order chi connectivity index (χ0) is 23.4. The Morgan fingerprint density at radius 2 is 1.97 bits per heavy atom. The van der Waals surface area contributed by atoms with Gasteiger partial charge in [-0.15, -0.1) is 0 Å². The quantitative estimate of drug-likeness (QED) is 0.539. The second kappa shape index (κ2) is 9.98. The van der Waals surface area contributed by atoms with Crippen LogP contribution >= 0.6 is 27.5 Å². The Hall–Kier alpha value is -3.15. The van der Waals surface area contributed by atoms with E-state index in [9.17, 15) is 10.1 Å². The fraction of sp³-hybridized carbons (Fsp3) is 0.217. The first-order chi connectivity index (χ1) is 15.3. The first kappa shape index (κ1) is 23.5. The van der Waals surface area contributed by atoms with Gasteiger partial charge in [0.1, 0.15) is 35.5 Å². The molecule has 166 valence electrons. The molecule has 2 aromatic carbocycles. The molecule has 2 N–H and O–H groups in total. The van der Waals surface area contributed by atoms with E-state index in [-0.39, 0.29) is 29.4 Å². The molecule has 0 saturated heterocycles. The van der Waals surface area contributed by atoms with Crippen molar-refractivity contribution >= 4 is 33.5 Å². The summed E-state index contributed by atoms with van der Waals surface area (Å²) in [6.07, 6.45) is 0. The van der Waals surface area contributed by atoms with Gasteiger partial charge in [0.2, 0.25) is 5.88 Å². The third-order valence-electron chi connectivity index (χ3n) is 4.93. The van der Waals surface area contributed by atoms with Crippen molar-refractivity contribution < 1.29 is 23.7 Å². The molecule has 0 unspecified atom stereocenters. The predicted octanol–water partition coefficient (Wildman–Crippen LogP) is 4.94. The molecular weight excluding hydrogens is 500 g/mol. The highest BCUT2D eigenvalue weighted by molar-refractivity contribution is 9.10. The van der Waals surface area contributed by atoms with E-state index in [0.717, 1.165) is 4.47 Å². The number of methoxy groups -OCH3 is 2. The number of esters is 1. The summed E-state index contributed by atoms with van der Waals surface area (Å²) >= 11 is 9.61. The van der Waals surface area contributed by atoms with Gasteiger partial charge in [-0.1, -0.05) is 33.6 Å². The van der Waals surface area contributed by atoms with E-state index in [1.54, 1.807) is 44.4 Å². The van der Waals surface area contributed by atoms with E-state index < -0.39 is 11.9 Å². The van der Waals surface area contributed by atoms with Crippen molar-refractivity contribution in [2.75, 3.05) is 14.2 Å². The van der Waals surface area contributed by atoms with Crippen LogP contribution in [0, 0.1) is 11.3 Å². The van der Waals surface area contributed by atoms with Crippen LogP contribution < -0.4 is 15.2 Å². The Balaban J connectivity index is 2.04. The highest BCUT2D eigenvalue weighted by Crippen LogP contribution is 2.41. The monoisotopic (exact) mass is 518 g/mol. The topological polar surface area (TPSA) is 104 Å². The average molecular weight is 520 g/mol. The number of carbonyl (C=O) groups excluding carboxylic acids is 1. The molecular formula is C23H20BrClN2O5. The van der Waals surface area contributed by atoms with E-state index in [4.69, 9.17) is 36.3 Å². The van der Waals surface area contributed by atoms with Crippen LogP contribution in [-0.2, 0) is 20.9 Å². The standard InChI is InChI=1S/C23H20BrClN2O5/c1-12-20(23(28)30-3)21(16(10-26)22(27)32-12)13-4-6-18(29-2)14(8-13)11-31-19-7-5-15(24)9-17(19)25/h4-9,21H,11,27H2,1-3H3/t21-/m0/s1. The van der Waals surface area contributed by atoms with Crippen LogP contribution in [0.1, 0.15) is 24.0 Å². The summed E-state index contributed by atoms with van der Waals surface area (Å²) in [5.41, 5.74) is 7.59. The van der Waals surface area contributed by atoms with Gasteiger partial charge in [0, 0.05) is 10.0 Å². The Labute approximate surface area is 199 Å². The Bertz CT molecular complexity index is 1170. The van der Waals surface area contributed by atoms with Gasteiger partial charge < -0.3 is 24.7 Å². The van der Waals surface area contributed by atoms with Gasteiger partial charge in [0.25, 0.3) is 0 Å². The molecule has 2 aromatic rings. The number of benzene rings is 2. The van der Waals surface area contributed by atoms with Gasteiger partial charge in [-0.05, 0) is 42.8 Å². The summed E-state index contributed by atoms with van der Waals surface area (Å²) < 4.78 is 22.5. The second-order valence-electron chi connectivity index (χ2n) is 6.82. The average Bonchev–Trinajstić information content (AvgIpc) is 2.77. The zero-order valence-corrected chi connectivity index (χ0v) is 19.9. The summed E-state index contributed by atoms with van der Waals surface area (Å²) in [5.74, 6) is -0.0808. The van der Waals surface area contributed by atoms with Crippen LogP contribution in [0.3, 0.4) is 0 Å². The molecule has 1 atom stereocenters. The molecule has 0 saturated carbocycles. The van der Waals surface area contributed by atoms with Crippen LogP contribution in [0.4, 0.5) is 0 Å². The van der Waals surface area contributed by atoms with Crippen molar-refractivity contribution in [1.29, 1.82) is 5.26 Å². The number of nitrogens with zero attached hydrogens (tertiary/aromatic N) is 1. The third kappa shape index (κ3) is 4.69. The van der Waals surface area contributed by atoms with Crippen molar-refractivity contribution in [3.8, 4) is 17.6 Å². The van der Waals surface area contributed by atoms with Crippen LogP contribution in [0.25, 0.3) is 0 Å². The minimum Gasteiger partial charge on any atom is -0.496 e. The number of carbonyl (C=O) groups is 1. The molecule has 0 aromatic heterocycles. The first-order valence-electron chi connectivity index (χ1n) is 9.42. The number of rotatable bonds is 6. The molecule has 0 spiro atoms. The first-order valence-corrected chi connectivity index (χ1v) is 10.6. The Kier molecular flexibility index (Phi) is 7.33. The predicted molar refractivity (Wildman–Crippen MR) is 122 cm³/mol. The number of nitriles is 1. The van der Waals surface area contributed by atoms with Crippen LogP contribution in [0.2, 0.25) is 5.02 Å². The fourth-order valence-electron chi connectivity index (χ4n) is 3.43. The number of nitrogens with two attached hydrogens (primary N) is 1. The Morgan fingerprint density at radius 1 is 1.25 bits per heavy atom. The summed E-state index contributed by atoms with van der Waals surface area (Å²) in [7, 11) is 2.81. The normalized spacial score (nSPS) is 15.7. The molecule has 1 heterocycles. The molecule has 3 rings (SSSR count).